The molecule has 0 heterocycles. The molecular weight excluding hydrogens is 278 g/mol. The monoisotopic (exact) mass is 289 g/mol. The van der Waals surface area contributed by atoms with Crippen molar-refractivity contribution < 1.29 is 9.53 Å². The fourth-order valence-corrected chi connectivity index (χ4v) is 1.68. The number of nitrogens with zero attached hydrogens (tertiary/aromatic N) is 1. The van der Waals surface area contributed by atoms with Crippen molar-refractivity contribution in [1.82, 2.24) is 0 Å². The van der Waals surface area contributed by atoms with E-state index in [2.05, 4.69) is 33.5 Å². The Morgan fingerprint density at radius 2 is 2.33 bits per heavy atom. The molecule has 82 valence electrons. The van der Waals surface area contributed by atoms with Crippen LogP contribution in [0.25, 0.3) is 0 Å². The molecule has 0 aliphatic heterocycles. The number of esters is 1. The SMILES string of the molecule is COC(=O)CCN(S)c1cccc(Br)c1. The third-order valence-electron chi connectivity index (χ3n) is 1.86. The molecule has 15 heavy (non-hydrogen) atoms. The first kappa shape index (κ1) is 12.4. The van der Waals surface area contributed by atoms with Gasteiger partial charge in [0, 0.05) is 16.7 Å². The first-order valence-electron chi connectivity index (χ1n) is 4.42. The molecule has 1 rings (SSSR count). The predicted molar refractivity (Wildman–Crippen MR) is 67.1 cm³/mol. The summed E-state index contributed by atoms with van der Waals surface area (Å²) in [6, 6.07) is 7.71. The summed E-state index contributed by atoms with van der Waals surface area (Å²) in [7, 11) is 1.38. The zero-order chi connectivity index (χ0) is 11.3. The molecule has 1 aromatic rings. The van der Waals surface area contributed by atoms with Crippen LogP contribution in [0.2, 0.25) is 0 Å². The van der Waals surface area contributed by atoms with Crippen LogP contribution in [0.5, 0.6) is 0 Å². The second kappa shape index (κ2) is 6.02. The maximum atomic E-state index is 10.9. The van der Waals surface area contributed by atoms with E-state index in [0.29, 0.717) is 13.0 Å². The Morgan fingerprint density at radius 1 is 1.60 bits per heavy atom. The van der Waals surface area contributed by atoms with E-state index in [9.17, 15) is 4.79 Å². The summed E-state index contributed by atoms with van der Waals surface area (Å²) < 4.78 is 7.24. The van der Waals surface area contributed by atoms with Crippen molar-refractivity contribution in [1.29, 1.82) is 0 Å². The van der Waals surface area contributed by atoms with Crippen molar-refractivity contribution >= 4 is 40.4 Å². The average molecular weight is 290 g/mol. The summed E-state index contributed by atoms with van der Waals surface area (Å²) in [5.74, 6) is -0.232. The first-order valence-corrected chi connectivity index (χ1v) is 5.61. The summed E-state index contributed by atoms with van der Waals surface area (Å²) >= 11 is 7.66. The van der Waals surface area contributed by atoms with Crippen LogP contribution in [0.3, 0.4) is 0 Å². The molecule has 0 N–H and O–H groups in total. The normalized spacial score (nSPS) is 9.80. The van der Waals surface area contributed by atoms with Gasteiger partial charge in [-0.2, -0.15) is 0 Å². The number of anilines is 1. The highest BCUT2D eigenvalue weighted by atomic mass is 79.9. The maximum absolute atomic E-state index is 10.9. The van der Waals surface area contributed by atoms with Gasteiger partial charge in [-0.05, 0) is 18.2 Å². The minimum atomic E-state index is -0.232. The number of rotatable bonds is 4. The van der Waals surface area contributed by atoms with E-state index in [1.54, 1.807) is 4.31 Å². The van der Waals surface area contributed by atoms with Gasteiger partial charge in [-0.25, -0.2) is 0 Å². The van der Waals surface area contributed by atoms with Crippen LogP contribution in [0, 0.1) is 0 Å². The highest BCUT2D eigenvalue weighted by Gasteiger charge is 2.06. The van der Waals surface area contributed by atoms with Crippen molar-refractivity contribution in [3.8, 4) is 0 Å². The van der Waals surface area contributed by atoms with Gasteiger partial charge in [0.25, 0.3) is 0 Å². The molecule has 0 amide bonds. The van der Waals surface area contributed by atoms with Gasteiger partial charge in [-0.1, -0.05) is 34.8 Å². The van der Waals surface area contributed by atoms with Gasteiger partial charge < -0.3 is 9.04 Å². The van der Waals surface area contributed by atoms with Crippen molar-refractivity contribution in [2.24, 2.45) is 0 Å². The lowest BCUT2D eigenvalue weighted by atomic mass is 10.3. The van der Waals surface area contributed by atoms with E-state index >= 15 is 0 Å². The minimum absolute atomic E-state index is 0.232. The van der Waals surface area contributed by atoms with Gasteiger partial charge in [0.05, 0.1) is 13.5 Å². The Labute approximate surface area is 103 Å². The highest BCUT2D eigenvalue weighted by Crippen LogP contribution is 2.21. The number of hydrogen-bond acceptors (Lipinski definition) is 4. The highest BCUT2D eigenvalue weighted by molar-refractivity contribution is 9.10. The molecule has 0 aromatic heterocycles. The molecule has 0 spiro atoms. The van der Waals surface area contributed by atoms with Crippen LogP contribution < -0.4 is 4.31 Å². The van der Waals surface area contributed by atoms with Crippen LogP contribution in [0.1, 0.15) is 6.42 Å². The van der Waals surface area contributed by atoms with Crippen LogP contribution in [-0.2, 0) is 9.53 Å². The topological polar surface area (TPSA) is 29.5 Å². The predicted octanol–water partition coefficient (Wildman–Crippen LogP) is 2.66. The second-order valence-corrected chi connectivity index (χ2v) is 4.33. The van der Waals surface area contributed by atoms with Gasteiger partial charge in [0.2, 0.25) is 0 Å². The second-order valence-electron chi connectivity index (χ2n) is 2.93. The molecule has 0 atom stereocenters. The molecule has 0 saturated carbocycles. The van der Waals surface area contributed by atoms with Gasteiger partial charge in [-0.15, -0.1) is 0 Å². The molecule has 0 saturated heterocycles. The fourth-order valence-electron chi connectivity index (χ4n) is 1.07. The van der Waals surface area contributed by atoms with Gasteiger partial charge in [0.1, 0.15) is 0 Å². The summed E-state index contributed by atoms with van der Waals surface area (Å²) in [5.41, 5.74) is 0.941. The number of methoxy groups -OCH3 is 1. The quantitative estimate of drug-likeness (QED) is 0.683. The molecule has 5 heteroatoms. The van der Waals surface area contributed by atoms with Crippen LogP contribution in [0.4, 0.5) is 5.69 Å². The van der Waals surface area contributed by atoms with E-state index in [-0.39, 0.29) is 5.97 Å². The summed E-state index contributed by atoms with van der Waals surface area (Å²) in [4.78, 5) is 10.9. The Morgan fingerprint density at radius 3 is 2.93 bits per heavy atom. The zero-order valence-corrected chi connectivity index (χ0v) is 10.8. The fraction of sp³-hybridized carbons (Fsp3) is 0.300. The smallest absolute Gasteiger partial charge is 0.307 e. The lowest BCUT2D eigenvalue weighted by molar-refractivity contribution is -0.140. The molecule has 0 radical (unpaired) electrons. The first-order chi connectivity index (χ1) is 7.13. The number of carbonyl (C=O) groups is 1. The molecule has 0 aliphatic rings. The molecule has 3 nitrogen and oxygen atoms in total. The van der Waals surface area contributed by atoms with E-state index in [0.717, 1.165) is 10.2 Å². The van der Waals surface area contributed by atoms with Gasteiger partial charge in [-0.3, -0.25) is 4.79 Å². The van der Waals surface area contributed by atoms with Crippen molar-refractivity contribution in [3.05, 3.63) is 28.7 Å². The third-order valence-corrected chi connectivity index (χ3v) is 2.79. The number of ether oxygens (including phenoxy) is 1. The minimum Gasteiger partial charge on any atom is -0.469 e. The van der Waals surface area contributed by atoms with E-state index < -0.39 is 0 Å². The van der Waals surface area contributed by atoms with E-state index in [4.69, 9.17) is 0 Å². The Balaban J connectivity index is 2.53. The van der Waals surface area contributed by atoms with Crippen LogP contribution in [-0.4, -0.2) is 19.6 Å². The lowest BCUT2D eigenvalue weighted by Gasteiger charge is -2.16. The molecule has 0 bridgehead atoms. The van der Waals surface area contributed by atoms with Crippen molar-refractivity contribution in [3.63, 3.8) is 0 Å². The Bertz CT molecular complexity index is 346. The summed E-state index contributed by atoms with van der Waals surface area (Å²) in [5, 5.41) is 0. The molecule has 0 aliphatic carbocycles. The number of thiol groups is 1. The number of halogens is 1. The molecule has 0 unspecified atom stereocenters. The zero-order valence-electron chi connectivity index (χ0n) is 8.31. The van der Waals surface area contributed by atoms with E-state index in [1.165, 1.54) is 7.11 Å². The molecule has 0 fully saturated rings. The molecule has 1 aromatic carbocycles. The third kappa shape index (κ3) is 4.13. The standard InChI is InChI=1S/C10H12BrNO2S/c1-14-10(13)5-6-12(15)9-4-2-3-8(11)7-9/h2-4,7,15H,5-6H2,1H3. The maximum Gasteiger partial charge on any atom is 0.307 e. The van der Waals surface area contributed by atoms with Gasteiger partial charge in [0.15, 0.2) is 0 Å². The summed E-state index contributed by atoms with van der Waals surface area (Å²) in [6.45, 7) is 0.520. The van der Waals surface area contributed by atoms with Crippen molar-refractivity contribution in [2.75, 3.05) is 18.0 Å². The Hall–Kier alpha value is -0.680. The number of benzene rings is 1. The number of hydrogen-bond donors (Lipinski definition) is 1. The van der Waals surface area contributed by atoms with E-state index in [1.807, 2.05) is 24.3 Å². The van der Waals surface area contributed by atoms with Crippen LogP contribution >= 0.6 is 28.7 Å². The molecular formula is C10H12BrNO2S. The van der Waals surface area contributed by atoms with Gasteiger partial charge >= 0.3 is 5.97 Å². The Kier molecular flexibility index (Phi) is 4.98. The van der Waals surface area contributed by atoms with Crippen molar-refractivity contribution in [2.45, 2.75) is 6.42 Å². The average Bonchev–Trinajstić information content (AvgIpc) is 2.25. The number of carbonyl (C=O) groups excluding carboxylic acids is 1. The lowest BCUT2D eigenvalue weighted by Crippen LogP contribution is -2.16. The largest absolute Gasteiger partial charge is 0.469 e. The van der Waals surface area contributed by atoms with Crippen LogP contribution in [0.15, 0.2) is 28.7 Å². The summed E-state index contributed by atoms with van der Waals surface area (Å²) in [6.07, 6.45) is 0.326.